The van der Waals surface area contributed by atoms with Gasteiger partial charge in [0.05, 0.1) is 0 Å². The van der Waals surface area contributed by atoms with E-state index in [1.165, 1.54) is 29.0 Å². The third kappa shape index (κ3) is 3.66. The van der Waals surface area contributed by atoms with Crippen LogP contribution < -0.4 is 0 Å². The topological polar surface area (TPSA) is 3.24 Å². The van der Waals surface area contributed by atoms with Gasteiger partial charge in [0.25, 0.3) is 0 Å². The molecular formula is C17H20BrNS. The maximum absolute atomic E-state index is 2.42. The van der Waals surface area contributed by atoms with E-state index in [-0.39, 0.29) is 17.0 Å². The largest absolute Gasteiger partial charge is 0.304 e. The van der Waals surface area contributed by atoms with E-state index in [1.54, 1.807) is 0 Å². The SMILES string of the molecule is Br.CN1CCSC(c2ccc(-c3ccccc3)cc2)C1. The standard InChI is InChI=1S/C17H19NS.BrH/c1-18-11-12-19-17(13-18)16-9-7-15(8-10-16)14-5-3-2-4-6-14;/h2-10,17H,11-13H2,1H3;1H. The Hall–Kier alpha value is -0.770. The van der Waals surface area contributed by atoms with Crippen molar-refractivity contribution in [2.45, 2.75) is 5.25 Å². The lowest BCUT2D eigenvalue weighted by atomic mass is 10.0. The molecular weight excluding hydrogens is 330 g/mol. The minimum atomic E-state index is 0. The molecule has 0 amide bonds. The van der Waals surface area contributed by atoms with Crippen LogP contribution in [0.1, 0.15) is 10.8 Å². The Balaban J connectivity index is 0.00000147. The molecule has 1 aliphatic heterocycles. The van der Waals surface area contributed by atoms with Crippen LogP contribution in [-0.4, -0.2) is 30.8 Å². The maximum Gasteiger partial charge on any atom is 0.0424 e. The highest BCUT2D eigenvalue weighted by Gasteiger charge is 2.19. The summed E-state index contributed by atoms with van der Waals surface area (Å²) in [5.41, 5.74) is 4.05. The van der Waals surface area contributed by atoms with Crippen molar-refractivity contribution in [3.63, 3.8) is 0 Å². The molecule has 3 rings (SSSR count). The molecule has 0 N–H and O–H groups in total. The van der Waals surface area contributed by atoms with Gasteiger partial charge in [0.1, 0.15) is 0 Å². The van der Waals surface area contributed by atoms with Crippen molar-refractivity contribution in [1.29, 1.82) is 0 Å². The second-order valence-corrected chi connectivity index (χ2v) is 6.42. The summed E-state index contributed by atoms with van der Waals surface area (Å²) in [6.07, 6.45) is 0. The summed E-state index contributed by atoms with van der Waals surface area (Å²) in [7, 11) is 2.21. The number of nitrogens with zero attached hydrogens (tertiary/aromatic N) is 1. The van der Waals surface area contributed by atoms with E-state index >= 15 is 0 Å². The van der Waals surface area contributed by atoms with Gasteiger partial charge >= 0.3 is 0 Å². The maximum atomic E-state index is 2.42. The van der Waals surface area contributed by atoms with Crippen LogP contribution in [0.2, 0.25) is 0 Å². The highest BCUT2D eigenvalue weighted by atomic mass is 79.9. The number of hydrogen-bond acceptors (Lipinski definition) is 2. The fraction of sp³-hybridized carbons (Fsp3) is 0.294. The summed E-state index contributed by atoms with van der Waals surface area (Å²) < 4.78 is 0. The number of hydrogen-bond donors (Lipinski definition) is 0. The van der Waals surface area contributed by atoms with Gasteiger partial charge in [0, 0.05) is 24.1 Å². The van der Waals surface area contributed by atoms with Crippen LogP contribution in [0.3, 0.4) is 0 Å². The first-order valence-electron chi connectivity index (χ1n) is 6.78. The number of rotatable bonds is 2. The summed E-state index contributed by atoms with van der Waals surface area (Å²) in [6.45, 7) is 2.37. The van der Waals surface area contributed by atoms with Crippen LogP contribution in [0.25, 0.3) is 11.1 Å². The van der Waals surface area contributed by atoms with Crippen molar-refractivity contribution in [3.05, 3.63) is 60.2 Å². The third-order valence-corrected chi connectivity index (χ3v) is 4.90. The molecule has 1 unspecified atom stereocenters. The third-order valence-electron chi connectivity index (χ3n) is 3.66. The molecule has 0 radical (unpaired) electrons. The van der Waals surface area contributed by atoms with Crippen molar-refractivity contribution in [2.75, 3.05) is 25.9 Å². The summed E-state index contributed by atoms with van der Waals surface area (Å²) in [6, 6.07) is 19.7. The van der Waals surface area contributed by atoms with Gasteiger partial charge in [0.2, 0.25) is 0 Å². The molecule has 1 fully saturated rings. The molecule has 1 heterocycles. The highest BCUT2D eigenvalue weighted by molar-refractivity contribution is 8.93. The Morgan fingerprint density at radius 2 is 1.60 bits per heavy atom. The predicted octanol–water partition coefficient (Wildman–Crippen LogP) is 4.65. The van der Waals surface area contributed by atoms with E-state index in [1.807, 2.05) is 0 Å². The molecule has 2 aromatic rings. The summed E-state index contributed by atoms with van der Waals surface area (Å²) in [5, 5.41) is 0.628. The van der Waals surface area contributed by atoms with Gasteiger partial charge in [-0.25, -0.2) is 0 Å². The molecule has 0 bridgehead atoms. The molecule has 0 saturated carbocycles. The average Bonchev–Trinajstić information content (AvgIpc) is 2.48. The molecule has 3 heteroatoms. The Morgan fingerprint density at radius 3 is 2.25 bits per heavy atom. The zero-order valence-electron chi connectivity index (χ0n) is 11.7. The molecule has 20 heavy (non-hydrogen) atoms. The van der Waals surface area contributed by atoms with Crippen LogP contribution in [0.5, 0.6) is 0 Å². The highest BCUT2D eigenvalue weighted by Crippen LogP contribution is 2.33. The molecule has 1 aliphatic rings. The van der Waals surface area contributed by atoms with Gasteiger partial charge in [-0.2, -0.15) is 11.8 Å². The van der Waals surface area contributed by atoms with Gasteiger partial charge in [0.15, 0.2) is 0 Å². The number of thioether (sulfide) groups is 1. The van der Waals surface area contributed by atoms with Crippen molar-refractivity contribution in [1.82, 2.24) is 4.90 Å². The molecule has 0 aromatic heterocycles. The Labute approximate surface area is 136 Å². The number of likely N-dealkylation sites (N-methyl/N-ethyl adjacent to an activating group) is 1. The molecule has 106 valence electrons. The molecule has 1 atom stereocenters. The van der Waals surface area contributed by atoms with Gasteiger partial charge in [-0.15, -0.1) is 17.0 Å². The first-order valence-corrected chi connectivity index (χ1v) is 7.83. The normalized spacial score (nSPS) is 19.4. The molecule has 1 nitrogen and oxygen atoms in total. The van der Waals surface area contributed by atoms with Crippen molar-refractivity contribution in [2.24, 2.45) is 0 Å². The van der Waals surface area contributed by atoms with E-state index in [0.717, 1.165) is 6.54 Å². The smallest absolute Gasteiger partial charge is 0.0424 e. The monoisotopic (exact) mass is 349 g/mol. The van der Waals surface area contributed by atoms with E-state index < -0.39 is 0 Å². The van der Waals surface area contributed by atoms with Gasteiger partial charge in [-0.3, -0.25) is 0 Å². The van der Waals surface area contributed by atoms with Crippen molar-refractivity contribution < 1.29 is 0 Å². The molecule has 1 saturated heterocycles. The van der Waals surface area contributed by atoms with E-state index in [9.17, 15) is 0 Å². The predicted molar refractivity (Wildman–Crippen MR) is 94.9 cm³/mol. The van der Waals surface area contributed by atoms with Crippen LogP contribution >= 0.6 is 28.7 Å². The minimum absolute atomic E-state index is 0. The lowest BCUT2D eigenvalue weighted by Crippen LogP contribution is -2.30. The van der Waals surface area contributed by atoms with Crippen LogP contribution in [-0.2, 0) is 0 Å². The van der Waals surface area contributed by atoms with Gasteiger partial charge in [-0.05, 0) is 23.7 Å². The first-order chi connectivity index (χ1) is 9.33. The lowest BCUT2D eigenvalue weighted by Gasteiger charge is -2.29. The fourth-order valence-corrected chi connectivity index (χ4v) is 3.91. The summed E-state index contributed by atoms with van der Waals surface area (Å²) >= 11 is 2.08. The second-order valence-electron chi connectivity index (χ2n) is 5.11. The summed E-state index contributed by atoms with van der Waals surface area (Å²) in [4.78, 5) is 2.42. The Kier molecular flexibility index (Phi) is 5.70. The molecule has 0 spiro atoms. The van der Waals surface area contributed by atoms with Crippen LogP contribution in [0.15, 0.2) is 54.6 Å². The van der Waals surface area contributed by atoms with E-state index in [4.69, 9.17) is 0 Å². The minimum Gasteiger partial charge on any atom is -0.304 e. The van der Waals surface area contributed by atoms with E-state index in [0.29, 0.717) is 5.25 Å². The van der Waals surface area contributed by atoms with Gasteiger partial charge in [-0.1, -0.05) is 54.6 Å². The lowest BCUT2D eigenvalue weighted by molar-refractivity contribution is 0.347. The number of halogens is 1. The quantitative estimate of drug-likeness (QED) is 0.776. The first kappa shape index (κ1) is 15.6. The van der Waals surface area contributed by atoms with Crippen molar-refractivity contribution in [3.8, 4) is 11.1 Å². The molecule has 2 aromatic carbocycles. The summed E-state index contributed by atoms with van der Waals surface area (Å²) in [5.74, 6) is 1.24. The zero-order chi connectivity index (χ0) is 13.1. The van der Waals surface area contributed by atoms with Gasteiger partial charge < -0.3 is 4.90 Å². The fourth-order valence-electron chi connectivity index (χ4n) is 2.50. The van der Waals surface area contributed by atoms with Crippen LogP contribution in [0.4, 0.5) is 0 Å². The number of benzene rings is 2. The second kappa shape index (κ2) is 7.30. The average molecular weight is 350 g/mol. The molecule has 0 aliphatic carbocycles. The van der Waals surface area contributed by atoms with Crippen LogP contribution in [0, 0.1) is 0 Å². The van der Waals surface area contributed by atoms with E-state index in [2.05, 4.69) is 78.3 Å². The van der Waals surface area contributed by atoms with Crippen molar-refractivity contribution >= 4 is 28.7 Å². The Morgan fingerprint density at radius 1 is 0.950 bits per heavy atom. The Bertz CT molecular complexity index is 526. The zero-order valence-corrected chi connectivity index (χ0v) is 14.2.